The van der Waals surface area contributed by atoms with Crippen LogP contribution >= 0.6 is 0 Å². The number of allylic oxidation sites excluding steroid dienone is 4. The molecular weight excluding hydrogens is 194 g/mol. The minimum Gasteiger partial charge on any atom is -0.478 e. The Morgan fingerprint density at radius 3 is 2.87 bits per heavy atom. The van der Waals surface area contributed by atoms with Gasteiger partial charge in [0.25, 0.3) is 0 Å². The standard InChI is InChI=1S/C11H11NO3/c12-6-8-1-2-9(7-13)5-10(4-3-8)11(14)15/h1-4,9,13H,5,7H2,(H,14,15)/b2-1-,8-3+,10-4+. The lowest BCUT2D eigenvalue weighted by molar-refractivity contribution is -0.132. The first-order valence-corrected chi connectivity index (χ1v) is 4.50. The molecule has 0 amide bonds. The van der Waals surface area contributed by atoms with Gasteiger partial charge in [-0.3, -0.25) is 0 Å². The molecule has 0 saturated heterocycles. The summed E-state index contributed by atoms with van der Waals surface area (Å²) in [5.41, 5.74) is 0.582. The van der Waals surface area contributed by atoms with Gasteiger partial charge in [-0.15, -0.1) is 0 Å². The zero-order chi connectivity index (χ0) is 11.3. The molecule has 0 aromatic carbocycles. The summed E-state index contributed by atoms with van der Waals surface area (Å²) in [5.74, 6) is -1.26. The summed E-state index contributed by atoms with van der Waals surface area (Å²) < 4.78 is 0. The van der Waals surface area contributed by atoms with E-state index in [1.807, 2.05) is 6.07 Å². The molecule has 0 bridgehead atoms. The second-order valence-electron chi connectivity index (χ2n) is 3.24. The van der Waals surface area contributed by atoms with E-state index < -0.39 is 5.97 Å². The van der Waals surface area contributed by atoms with Crippen LogP contribution in [0.3, 0.4) is 0 Å². The zero-order valence-electron chi connectivity index (χ0n) is 8.05. The smallest absolute Gasteiger partial charge is 0.331 e. The summed E-state index contributed by atoms with van der Waals surface area (Å²) in [6, 6.07) is 1.93. The van der Waals surface area contributed by atoms with Gasteiger partial charge in [0, 0.05) is 18.1 Å². The van der Waals surface area contributed by atoms with Gasteiger partial charge >= 0.3 is 5.97 Å². The van der Waals surface area contributed by atoms with Crippen LogP contribution < -0.4 is 0 Å². The number of carbonyl (C=O) groups is 1. The summed E-state index contributed by atoms with van der Waals surface area (Å²) in [6.45, 7) is -0.125. The van der Waals surface area contributed by atoms with Crippen LogP contribution in [0.1, 0.15) is 6.42 Å². The van der Waals surface area contributed by atoms with Gasteiger partial charge in [0.1, 0.15) is 0 Å². The monoisotopic (exact) mass is 205 g/mol. The molecule has 1 aliphatic rings. The maximum absolute atomic E-state index is 10.8. The Kier molecular flexibility index (Phi) is 3.83. The molecule has 0 saturated carbocycles. The van der Waals surface area contributed by atoms with Crippen molar-refractivity contribution >= 4 is 5.97 Å². The van der Waals surface area contributed by atoms with Crippen molar-refractivity contribution in [2.24, 2.45) is 5.92 Å². The van der Waals surface area contributed by atoms with Crippen LogP contribution in [0.15, 0.2) is 35.5 Å². The van der Waals surface area contributed by atoms with Crippen molar-refractivity contribution in [2.75, 3.05) is 6.61 Å². The number of nitrogens with zero attached hydrogens (tertiary/aromatic N) is 1. The predicted molar refractivity (Wildman–Crippen MR) is 53.7 cm³/mol. The lowest BCUT2D eigenvalue weighted by Gasteiger charge is -2.11. The molecule has 0 radical (unpaired) electrons. The van der Waals surface area contributed by atoms with Crippen LogP contribution in [-0.4, -0.2) is 22.8 Å². The molecule has 1 unspecified atom stereocenters. The molecule has 0 fully saturated rings. The molecule has 1 aliphatic carbocycles. The largest absolute Gasteiger partial charge is 0.478 e. The number of nitriles is 1. The normalized spacial score (nSPS) is 29.7. The predicted octanol–water partition coefficient (Wildman–Crippen LogP) is 1.02. The van der Waals surface area contributed by atoms with Gasteiger partial charge in [-0.2, -0.15) is 5.26 Å². The van der Waals surface area contributed by atoms with Crippen LogP contribution in [0.4, 0.5) is 0 Å². The van der Waals surface area contributed by atoms with E-state index in [0.29, 0.717) is 5.57 Å². The Bertz CT molecular complexity index is 385. The molecule has 15 heavy (non-hydrogen) atoms. The van der Waals surface area contributed by atoms with Gasteiger partial charge in [0.15, 0.2) is 0 Å². The van der Waals surface area contributed by atoms with Crippen molar-refractivity contribution < 1.29 is 15.0 Å². The van der Waals surface area contributed by atoms with E-state index in [1.54, 1.807) is 12.2 Å². The summed E-state index contributed by atoms with van der Waals surface area (Å²) >= 11 is 0. The van der Waals surface area contributed by atoms with Crippen molar-refractivity contribution in [2.45, 2.75) is 6.42 Å². The number of aliphatic hydroxyl groups excluding tert-OH is 1. The molecular formula is C11H11NO3. The van der Waals surface area contributed by atoms with Crippen molar-refractivity contribution in [3.05, 3.63) is 35.5 Å². The maximum Gasteiger partial charge on any atom is 0.331 e. The second-order valence-corrected chi connectivity index (χ2v) is 3.24. The third-order valence-corrected chi connectivity index (χ3v) is 2.13. The number of carboxylic acids is 1. The molecule has 0 heterocycles. The Hall–Kier alpha value is -1.86. The fourth-order valence-electron chi connectivity index (χ4n) is 1.26. The van der Waals surface area contributed by atoms with E-state index in [2.05, 4.69) is 0 Å². The number of aliphatic carboxylic acids is 1. The number of aliphatic hydroxyl groups is 1. The quantitative estimate of drug-likeness (QED) is 0.705. The number of rotatable bonds is 2. The molecule has 0 aliphatic heterocycles. The van der Waals surface area contributed by atoms with Gasteiger partial charge in [-0.1, -0.05) is 12.2 Å². The van der Waals surface area contributed by atoms with Crippen LogP contribution in [0.5, 0.6) is 0 Å². The average molecular weight is 205 g/mol. The van der Waals surface area contributed by atoms with E-state index in [9.17, 15) is 4.79 Å². The van der Waals surface area contributed by atoms with Crippen molar-refractivity contribution in [3.63, 3.8) is 0 Å². The molecule has 1 rings (SSSR count). The average Bonchev–Trinajstić information content (AvgIpc) is 2.18. The fourth-order valence-corrected chi connectivity index (χ4v) is 1.26. The first-order valence-electron chi connectivity index (χ1n) is 4.50. The number of hydrogen-bond acceptors (Lipinski definition) is 3. The first kappa shape index (κ1) is 11.2. The van der Waals surface area contributed by atoms with Gasteiger partial charge in [0.2, 0.25) is 0 Å². The van der Waals surface area contributed by atoms with Crippen LogP contribution in [-0.2, 0) is 4.79 Å². The summed E-state index contributed by atoms with van der Waals surface area (Å²) in [5, 5.41) is 26.5. The number of carboxylic acid groups (broad SMARTS) is 1. The highest BCUT2D eigenvalue weighted by Crippen LogP contribution is 2.17. The van der Waals surface area contributed by atoms with Crippen molar-refractivity contribution in [1.82, 2.24) is 0 Å². The van der Waals surface area contributed by atoms with E-state index in [0.717, 1.165) is 0 Å². The molecule has 0 aromatic rings. The Labute approximate surface area is 87.5 Å². The molecule has 4 heteroatoms. The first-order chi connectivity index (χ1) is 7.17. The zero-order valence-corrected chi connectivity index (χ0v) is 8.05. The van der Waals surface area contributed by atoms with Crippen molar-refractivity contribution in [3.8, 4) is 6.07 Å². The Morgan fingerprint density at radius 2 is 2.33 bits per heavy atom. The van der Waals surface area contributed by atoms with Gasteiger partial charge < -0.3 is 10.2 Å². The molecule has 4 nitrogen and oxygen atoms in total. The fraction of sp³-hybridized carbons (Fsp3) is 0.273. The molecule has 0 spiro atoms. The summed E-state index contributed by atoms with van der Waals surface area (Å²) in [4.78, 5) is 10.8. The lowest BCUT2D eigenvalue weighted by atomic mass is 9.96. The van der Waals surface area contributed by atoms with Gasteiger partial charge in [-0.25, -0.2) is 4.79 Å². The minimum atomic E-state index is -1.02. The molecule has 1 atom stereocenters. The second kappa shape index (κ2) is 5.13. The molecule has 78 valence electrons. The van der Waals surface area contributed by atoms with Gasteiger partial charge in [-0.05, 0) is 18.6 Å². The van der Waals surface area contributed by atoms with Gasteiger partial charge in [0.05, 0.1) is 11.6 Å². The van der Waals surface area contributed by atoms with E-state index in [-0.39, 0.29) is 24.5 Å². The highest BCUT2D eigenvalue weighted by atomic mass is 16.4. The highest BCUT2D eigenvalue weighted by Gasteiger charge is 2.14. The third kappa shape index (κ3) is 3.08. The van der Waals surface area contributed by atoms with E-state index >= 15 is 0 Å². The topological polar surface area (TPSA) is 81.3 Å². The maximum atomic E-state index is 10.8. The molecule has 0 aromatic heterocycles. The van der Waals surface area contributed by atoms with Crippen LogP contribution in [0.2, 0.25) is 0 Å². The third-order valence-electron chi connectivity index (χ3n) is 2.13. The van der Waals surface area contributed by atoms with E-state index in [1.165, 1.54) is 12.2 Å². The molecule has 2 N–H and O–H groups in total. The number of hydrogen-bond donors (Lipinski definition) is 2. The lowest BCUT2D eigenvalue weighted by Crippen LogP contribution is -2.10. The highest BCUT2D eigenvalue weighted by molar-refractivity contribution is 5.87. The summed E-state index contributed by atoms with van der Waals surface area (Å²) in [6.07, 6.45) is 6.40. The Morgan fingerprint density at radius 1 is 1.60 bits per heavy atom. The SMILES string of the molecule is N#CC1=C/C=C(/C(=O)O)CC(CO)/C=C\1. The van der Waals surface area contributed by atoms with E-state index in [4.69, 9.17) is 15.5 Å². The Balaban J connectivity index is 3.03. The minimum absolute atomic E-state index is 0.125. The van der Waals surface area contributed by atoms with Crippen LogP contribution in [0, 0.1) is 17.2 Å². The van der Waals surface area contributed by atoms with Crippen LogP contribution in [0.25, 0.3) is 0 Å². The van der Waals surface area contributed by atoms with Crippen molar-refractivity contribution in [1.29, 1.82) is 5.26 Å². The summed E-state index contributed by atoms with van der Waals surface area (Å²) in [7, 11) is 0.